The summed E-state index contributed by atoms with van der Waals surface area (Å²) < 4.78 is 1.89. The van der Waals surface area contributed by atoms with Gasteiger partial charge in [-0.3, -0.25) is 0 Å². The van der Waals surface area contributed by atoms with Gasteiger partial charge in [0.05, 0.1) is 6.54 Å². The van der Waals surface area contributed by atoms with Crippen LogP contribution in [0, 0.1) is 0 Å². The number of pyridine rings is 1. The van der Waals surface area contributed by atoms with Gasteiger partial charge in [0.1, 0.15) is 5.69 Å². The Morgan fingerprint density at radius 3 is 2.94 bits per heavy atom. The highest BCUT2D eigenvalue weighted by Crippen LogP contribution is 2.26. The van der Waals surface area contributed by atoms with Crippen LogP contribution < -0.4 is 5.32 Å². The normalized spacial score (nSPS) is 13.8. The largest absolute Gasteiger partial charge is 0.361 e. The Balaban J connectivity index is 2.17. The number of hydrogen-bond acceptors (Lipinski definition) is 4. The molecule has 2 aromatic rings. The molecule has 5 heteroatoms. The maximum absolute atomic E-state index is 4.59. The zero-order valence-electron chi connectivity index (χ0n) is 10.2. The maximum Gasteiger partial charge on any atom is 0.156 e. The van der Waals surface area contributed by atoms with E-state index in [4.69, 9.17) is 0 Å². The predicted octanol–water partition coefficient (Wildman–Crippen LogP) is 1.89. The average Bonchev–Trinajstić information content (AvgIpc) is 2.72. The molecule has 2 aromatic heterocycles. The zero-order chi connectivity index (χ0) is 12.0. The molecule has 1 N–H and O–H groups in total. The summed E-state index contributed by atoms with van der Waals surface area (Å²) in [7, 11) is 0. The lowest BCUT2D eigenvalue weighted by atomic mass is 9.96. The Hall–Kier alpha value is -1.91. The molecular weight excluding hydrogens is 214 g/mol. The Bertz CT molecular complexity index is 565. The highest BCUT2D eigenvalue weighted by Gasteiger charge is 2.25. The molecule has 0 fully saturated rings. The summed E-state index contributed by atoms with van der Waals surface area (Å²) in [6.07, 6.45) is 1.78. The van der Waals surface area contributed by atoms with Crippen LogP contribution in [0.3, 0.4) is 0 Å². The summed E-state index contributed by atoms with van der Waals surface area (Å²) >= 11 is 0. The summed E-state index contributed by atoms with van der Waals surface area (Å²) in [6.45, 7) is 7.02. The molecular formula is C12H15N5. The van der Waals surface area contributed by atoms with Crippen molar-refractivity contribution in [2.75, 3.05) is 5.32 Å². The zero-order valence-corrected chi connectivity index (χ0v) is 10.2. The van der Waals surface area contributed by atoms with Crippen molar-refractivity contribution >= 4 is 5.82 Å². The van der Waals surface area contributed by atoms with Gasteiger partial charge in [0.15, 0.2) is 17.5 Å². The van der Waals surface area contributed by atoms with Crippen LogP contribution in [0.2, 0.25) is 0 Å². The van der Waals surface area contributed by atoms with Crippen molar-refractivity contribution in [2.24, 2.45) is 0 Å². The summed E-state index contributed by atoms with van der Waals surface area (Å²) in [5, 5.41) is 7.84. The SMILES string of the molecule is CC(C)(C)c1nc2n(n1)-c1cccnc1NC2. The van der Waals surface area contributed by atoms with E-state index in [2.05, 4.69) is 41.2 Å². The van der Waals surface area contributed by atoms with E-state index in [1.54, 1.807) is 6.20 Å². The van der Waals surface area contributed by atoms with Crippen LogP contribution in [0.25, 0.3) is 5.69 Å². The van der Waals surface area contributed by atoms with Gasteiger partial charge >= 0.3 is 0 Å². The number of fused-ring (bicyclic) bond motifs is 3. The first-order valence-electron chi connectivity index (χ1n) is 5.71. The van der Waals surface area contributed by atoms with E-state index in [1.165, 1.54) is 0 Å². The molecule has 0 amide bonds. The predicted molar refractivity (Wildman–Crippen MR) is 65.2 cm³/mol. The molecule has 1 aliphatic rings. The third-order valence-corrected chi connectivity index (χ3v) is 2.77. The van der Waals surface area contributed by atoms with Crippen molar-refractivity contribution in [1.82, 2.24) is 19.7 Å². The maximum atomic E-state index is 4.59. The minimum Gasteiger partial charge on any atom is -0.361 e. The molecule has 0 aliphatic carbocycles. The molecule has 0 saturated carbocycles. The minimum absolute atomic E-state index is 0.0350. The lowest BCUT2D eigenvalue weighted by Gasteiger charge is -2.16. The van der Waals surface area contributed by atoms with Crippen molar-refractivity contribution in [2.45, 2.75) is 32.7 Å². The highest BCUT2D eigenvalue weighted by atomic mass is 15.4. The average molecular weight is 229 g/mol. The second kappa shape index (κ2) is 3.29. The number of rotatable bonds is 0. The van der Waals surface area contributed by atoms with Crippen LogP contribution in [0.5, 0.6) is 0 Å². The number of hydrogen-bond donors (Lipinski definition) is 1. The number of anilines is 1. The Morgan fingerprint density at radius 1 is 1.35 bits per heavy atom. The third kappa shape index (κ3) is 1.58. The standard InChI is InChI=1S/C12H15N5/c1-12(2,3)11-15-9-7-14-10-8(17(9)16-11)5-4-6-13-10/h4-6H,7H2,1-3H3,(H,13,14). The molecule has 0 radical (unpaired) electrons. The third-order valence-electron chi connectivity index (χ3n) is 2.77. The number of aromatic nitrogens is 4. The van der Waals surface area contributed by atoms with Crippen LogP contribution in [-0.4, -0.2) is 19.7 Å². The molecule has 0 bridgehead atoms. The van der Waals surface area contributed by atoms with E-state index in [-0.39, 0.29) is 5.41 Å². The van der Waals surface area contributed by atoms with E-state index < -0.39 is 0 Å². The van der Waals surface area contributed by atoms with E-state index >= 15 is 0 Å². The molecule has 1 aliphatic heterocycles. The van der Waals surface area contributed by atoms with Crippen molar-refractivity contribution in [1.29, 1.82) is 0 Å². The molecule has 3 rings (SSSR count). The van der Waals surface area contributed by atoms with Gasteiger partial charge < -0.3 is 5.32 Å². The molecule has 0 aromatic carbocycles. The van der Waals surface area contributed by atoms with E-state index in [1.807, 2.05) is 16.8 Å². The summed E-state index contributed by atoms with van der Waals surface area (Å²) in [4.78, 5) is 8.87. The van der Waals surface area contributed by atoms with E-state index in [0.717, 1.165) is 23.2 Å². The molecule has 0 atom stereocenters. The van der Waals surface area contributed by atoms with Gasteiger partial charge in [-0.25, -0.2) is 14.6 Å². The van der Waals surface area contributed by atoms with Crippen molar-refractivity contribution in [3.63, 3.8) is 0 Å². The summed E-state index contributed by atoms with van der Waals surface area (Å²) in [5.74, 6) is 2.67. The van der Waals surface area contributed by atoms with Crippen molar-refractivity contribution in [3.05, 3.63) is 30.0 Å². The van der Waals surface area contributed by atoms with Gasteiger partial charge in [0, 0.05) is 11.6 Å². The van der Waals surface area contributed by atoms with Crippen LogP contribution in [-0.2, 0) is 12.0 Å². The molecule has 17 heavy (non-hydrogen) atoms. The molecule has 5 nitrogen and oxygen atoms in total. The Labute approximate surface area is 99.9 Å². The Kier molecular flexibility index (Phi) is 1.98. The second-order valence-electron chi connectivity index (χ2n) is 5.24. The second-order valence-corrected chi connectivity index (χ2v) is 5.24. The minimum atomic E-state index is -0.0350. The van der Waals surface area contributed by atoms with Crippen LogP contribution in [0.1, 0.15) is 32.4 Å². The highest BCUT2D eigenvalue weighted by molar-refractivity contribution is 5.57. The van der Waals surface area contributed by atoms with Crippen molar-refractivity contribution in [3.8, 4) is 5.69 Å². The first-order chi connectivity index (χ1) is 8.05. The van der Waals surface area contributed by atoms with Gasteiger partial charge in [0.25, 0.3) is 0 Å². The molecule has 0 spiro atoms. The monoisotopic (exact) mass is 229 g/mol. The van der Waals surface area contributed by atoms with Crippen LogP contribution in [0.4, 0.5) is 5.82 Å². The van der Waals surface area contributed by atoms with Crippen LogP contribution >= 0.6 is 0 Å². The lowest BCUT2D eigenvalue weighted by Crippen LogP contribution is -2.17. The summed E-state index contributed by atoms with van der Waals surface area (Å²) in [6, 6.07) is 3.91. The van der Waals surface area contributed by atoms with Gasteiger partial charge in [-0.15, -0.1) is 0 Å². The first kappa shape index (κ1) is 10.3. The van der Waals surface area contributed by atoms with Gasteiger partial charge in [-0.05, 0) is 12.1 Å². The molecule has 88 valence electrons. The first-order valence-corrected chi connectivity index (χ1v) is 5.71. The molecule has 0 saturated heterocycles. The van der Waals surface area contributed by atoms with E-state index in [9.17, 15) is 0 Å². The van der Waals surface area contributed by atoms with Gasteiger partial charge in [-0.2, -0.15) is 5.10 Å². The molecule has 3 heterocycles. The Morgan fingerprint density at radius 2 is 2.18 bits per heavy atom. The van der Waals surface area contributed by atoms with Crippen molar-refractivity contribution < 1.29 is 0 Å². The number of nitrogens with zero attached hydrogens (tertiary/aromatic N) is 4. The molecule has 0 unspecified atom stereocenters. The fourth-order valence-electron chi connectivity index (χ4n) is 1.84. The topological polar surface area (TPSA) is 55.6 Å². The fourth-order valence-corrected chi connectivity index (χ4v) is 1.84. The van der Waals surface area contributed by atoms with E-state index in [0.29, 0.717) is 6.54 Å². The number of nitrogens with one attached hydrogen (secondary N) is 1. The van der Waals surface area contributed by atoms with Gasteiger partial charge in [0.2, 0.25) is 0 Å². The summed E-state index contributed by atoms with van der Waals surface area (Å²) in [5.41, 5.74) is 0.934. The fraction of sp³-hybridized carbons (Fsp3) is 0.417. The van der Waals surface area contributed by atoms with Crippen LogP contribution in [0.15, 0.2) is 18.3 Å². The quantitative estimate of drug-likeness (QED) is 0.749. The smallest absolute Gasteiger partial charge is 0.156 e. The lowest BCUT2D eigenvalue weighted by molar-refractivity contribution is 0.543. The van der Waals surface area contributed by atoms with Gasteiger partial charge in [-0.1, -0.05) is 20.8 Å².